The molecule has 2 aromatic carbocycles. The van der Waals surface area contributed by atoms with Crippen LogP contribution in [0.2, 0.25) is 5.02 Å². The number of hydrogen-bond donors (Lipinski definition) is 2. The second-order valence-corrected chi connectivity index (χ2v) is 8.14. The van der Waals surface area contributed by atoms with E-state index >= 15 is 0 Å². The Kier molecular flexibility index (Phi) is 5.22. The van der Waals surface area contributed by atoms with Gasteiger partial charge in [-0.25, -0.2) is 4.98 Å². The lowest BCUT2D eigenvalue weighted by molar-refractivity contribution is -0.126. The molecule has 0 radical (unpaired) electrons. The van der Waals surface area contributed by atoms with Gasteiger partial charge in [-0.3, -0.25) is 4.79 Å². The molecule has 0 aliphatic carbocycles. The van der Waals surface area contributed by atoms with Crippen LogP contribution < -0.4 is 10.6 Å². The number of nitrogens with zero attached hydrogens (tertiary/aromatic N) is 1. The van der Waals surface area contributed by atoms with Crippen molar-refractivity contribution in [3.05, 3.63) is 47.0 Å². The molecule has 1 heterocycles. The quantitative estimate of drug-likeness (QED) is 0.569. The van der Waals surface area contributed by atoms with Crippen LogP contribution in [-0.2, 0) is 4.79 Å². The summed E-state index contributed by atoms with van der Waals surface area (Å²) in [5.41, 5.74) is 3.32. The maximum atomic E-state index is 12.0. The van der Waals surface area contributed by atoms with Gasteiger partial charge in [-0.2, -0.15) is 0 Å². The lowest BCUT2D eigenvalue weighted by Gasteiger charge is -2.18. The number of benzene rings is 2. The van der Waals surface area contributed by atoms with Crippen molar-refractivity contribution in [2.75, 3.05) is 5.32 Å². The minimum Gasteiger partial charge on any atom is -0.436 e. The van der Waals surface area contributed by atoms with Crippen LogP contribution in [0.15, 0.2) is 40.8 Å². The van der Waals surface area contributed by atoms with E-state index in [1.165, 1.54) is 0 Å². The molecule has 0 fully saturated rings. The summed E-state index contributed by atoms with van der Waals surface area (Å²) in [6.45, 7) is 7.42. The third-order valence-electron chi connectivity index (χ3n) is 3.97. The van der Waals surface area contributed by atoms with Crippen LogP contribution in [0.25, 0.3) is 22.6 Å². The number of fused-ring (bicyclic) bond motifs is 1. The standard InChI is InChI=1S/C20H20ClN3O2S/c1-11-5-6-12(9-14(11)21)17-23-15-10-13(7-8-16(15)26-17)22-19(27)24-18(25)20(2,3)4/h5-10H,1-4H3,(H2,22,24,25,27). The van der Waals surface area contributed by atoms with Gasteiger partial charge in [-0.15, -0.1) is 0 Å². The molecule has 3 rings (SSSR count). The first-order valence-corrected chi connectivity index (χ1v) is 9.21. The molecular weight excluding hydrogens is 382 g/mol. The minimum atomic E-state index is -0.522. The summed E-state index contributed by atoms with van der Waals surface area (Å²) in [6, 6.07) is 11.1. The van der Waals surface area contributed by atoms with Gasteiger partial charge in [-0.1, -0.05) is 38.4 Å². The Balaban J connectivity index is 1.80. The molecule has 0 atom stereocenters. The molecular formula is C20H20ClN3O2S. The van der Waals surface area contributed by atoms with Gasteiger partial charge < -0.3 is 15.1 Å². The maximum Gasteiger partial charge on any atom is 0.231 e. The Bertz CT molecular complexity index is 1040. The van der Waals surface area contributed by atoms with Crippen LogP contribution in [0.1, 0.15) is 26.3 Å². The fourth-order valence-electron chi connectivity index (χ4n) is 2.31. The molecule has 0 spiro atoms. The van der Waals surface area contributed by atoms with Crippen LogP contribution in [0.3, 0.4) is 0 Å². The number of aryl methyl sites for hydroxylation is 1. The molecule has 1 amide bonds. The normalized spacial score (nSPS) is 11.4. The largest absolute Gasteiger partial charge is 0.436 e. The third-order valence-corrected chi connectivity index (χ3v) is 4.58. The molecule has 0 saturated heterocycles. The van der Waals surface area contributed by atoms with Crippen molar-refractivity contribution in [1.82, 2.24) is 10.3 Å². The van der Waals surface area contributed by atoms with Gasteiger partial charge in [0.25, 0.3) is 0 Å². The first kappa shape index (κ1) is 19.3. The van der Waals surface area contributed by atoms with Gasteiger partial charge in [0, 0.05) is 21.7 Å². The summed E-state index contributed by atoms with van der Waals surface area (Å²) in [5.74, 6) is 0.341. The number of carbonyl (C=O) groups excluding carboxylic acids is 1. The Morgan fingerprint density at radius 3 is 2.59 bits per heavy atom. The average molecular weight is 402 g/mol. The number of oxazole rings is 1. The second kappa shape index (κ2) is 7.29. The van der Waals surface area contributed by atoms with E-state index in [4.69, 9.17) is 28.2 Å². The zero-order chi connectivity index (χ0) is 19.8. The lowest BCUT2D eigenvalue weighted by Crippen LogP contribution is -2.41. The van der Waals surface area contributed by atoms with Crippen LogP contribution in [-0.4, -0.2) is 16.0 Å². The SMILES string of the molecule is Cc1ccc(-c2nc3cc(NC(=S)NC(=O)C(C)(C)C)ccc3o2)cc1Cl. The monoisotopic (exact) mass is 401 g/mol. The van der Waals surface area contributed by atoms with Crippen LogP contribution in [0.4, 0.5) is 5.69 Å². The van der Waals surface area contributed by atoms with Crippen molar-refractivity contribution < 1.29 is 9.21 Å². The van der Waals surface area contributed by atoms with Gasteiger partial charge >= 0.3 is 0 Å². The maximum absolute atomic E-state index is 12.0. The van der Waals surface area contributed by atoms with Crippen LogP contribution in [0.5, 0.6) is 0 Å². The fraction of sp³-hybridized carbons (Fsp3) is 0.250. The molecule has 2 N–H and O–H groups in total. The lowest BCUT2D eigenvalue weighted by atomic mass is 9.96. The Labute approximate surface area is 168 Å². The third kappa shape index (κ3) is 4.46. The average Bonchev–Trinajstić information content (AvgIpc) is 2.99. The fourth-order valence-corrected chi connectivity index (χ4v) is 2.70. The Hall–Kier alpha value is -2.44. The highest BCUT2D eigenvalue weighted by atomic mass is 35.5. The second-order valence-electron chi connectivity index (χ2n) is 7.32. The van der Waals surface area contributed by atoms with Gasteiger partial charge in [0.1, 0.15) is 5.52 Å². The molecule has 7 heteroatoms. The van der Waals surface area contributed by atoms with Crippen molar-refractivity contribution in [2.24, 2.45) is 5.41 Å². The van der Waals surface area contributed by atoms with E-state index in [-0.39, 0.29) is 11.0 Å². The number of carbonyl (C=O) groups is 1. The molecule has 1 aromatic heterocycles. The van der Waals surface area contributed by atoms with E-state index in [9.17, 15) is 4.79 Å². The Morgan fingerprint density at radius 1 is 1.19 bits per heavy atom. The smallest absolute Gasteiger partial charge is 0.231 e. The van der Waals surface area contributed by atoms with Crippen molar-refractivity contribution in [2.45, 2.75) is 27.7 Å². The van der Waals surface area contributed by atoms with E-state index in [0.29, 0.717) is 27.7 Å². The van der Waals surface area contributed by atoms with E-state index in [2.05, 4.69) is 15.6 Å². The molecule has 0 unspecified atom stereocenters. The number of halogens is 1. The van der Waals surface area contributed by atoms with Gasteiger partial charge in [0.2, 0.25) is 11.8 Å². The summed E-state index contributed by atoms with van der Waals surface area (Å²) < 4.78 is 5.82. The summed E-state index contributed by atoms with van der Waals surface area (Å²) >= 11 is 11.4. The first-order chi connectivity index (χ1) is 12.6. The molecule has 3 aromatic rings. The van der Waals surface area contributed by atoms with Crippen molar-refractivity contribution >= 4 is 51.6 Å². The van der Waals surface area contributed by atoms with Gasteiger partial charge in [0.15, 0.2) is 10.7 Å². The van der Waals surface area contributed by atoms with Crippen LogP contribution in [0, 0.1) is 12.3 Å². The number of thiocarbonyl (C=S) groups is 1. The molecule has 5 nitrogen and oxygen atoms in total. The predicted molar refractivity (Wildman–Crippen MR) is 113 cm³/mol. The zero-order valence-electron chi connectivity index (χ0n) is 15.5. The minimum absolute atomic E-state index is 0.152. The van der Waals surface area contributed by atoms with E-state index in [1.54, 1.807) is 6.07 Å². The van der Waals surface area contributed by atoms with E-state index in [1.807, 2.05) is 58.0 Å². The summed E-state index contributed by atoms with van der Waals surface area (Å²) in [4.78, 5) is 16.5. The van der Waals surface area contributed by atoms with Crippen molar-refractivity contribution in [3.8, 4) is 11.5 Å². The zero-order valence-corrected chi connectivity index (χ0v) is 17.1. The molecule has 0 saturated carbocycles. The number of hydrogen-bond acceptors (Lipinski definition) is 4. The van der Waals surface area contributed by atoms with Crippen molar-refractivity contribution in [3.63, 3.8) is 0 Å². The molecule has 0 bridgehead atoms. The number of rotatable bonds is 2. The van der Waals surface area contributed by atoms with E-state index < -0.39 is 5.41 Å². The molecule has 27 heavy (non-hydrogen) atoms. The van der Waals surface area contributed by atoms with Crippen molar-refractivity contribution in [1.29, 1.82) is 0 Å². The number of aromatic nitrogens is 1. The molecule has 0 aliphatic rings. The number of anilines is 1. The Morgan fingerprint density at radius 2 is 1.93 bits per heavy atom. The molecule has 0 aliphatic heterocycles. The van der Waals surface area contributed by atoms with E-state index in [0.717, 1.165) is 11.1 Å². The first-order valence-electron chi connectivity index (χ1n) is 8.43. The highest BCUT2D eigenvalue weighted by molar-refractivity contribution is 7.80. The summed E-state index contributed by atoms with van der Waals surface area (Å²) in [7, 11) is 0. The topological polar surface area (TPSA) is 67.2 Å². The predicted octanol–water partition coefficient (Wildman–Crippen LogP) is 5.32. The van der Waals surface area contributed by atoms with Crippen LogP contribution >= 0.6 is 23.8 Å². The number of nitrogens with one attached hydrogen (secondary N) is 2. The highest BCUT2D eigenvalue weighted by Crippen LogP contribution is 2.29. The van der Waals surface area contributed by atoms with Gasteiger partial charge in [0.05, 0.1) is 0 Å². The summed E-state index contributed by atoms with van der Waals surface area (Å²) in [5, 5.41) is 6.58. The highest BCUT2D eigenvalue weighted by Gasteiger charge is 2.22. The van der Waals surface area contributed by atoms with Gasteiger partial charge in [-0.05, 0) is 55.0 Å². The molecule has 140 valence electrons. The number of amides is 1. The summed E-state index contributed by atoms with van der Waals surface area (Å²) in [6.07, 6.45) is 0.